The maximum absolute atomic E-state index is 6.23. The van der Waals surface area contributed by atoms with Gasteiger partial charge in [-0.2, -0.15) is 0 Å². The van der Waals surface area contributed by atoms with Gasteiger partial charge in [0.05, 0.1) is 22.3 Å². The monoisotopic (exact) mass is 319 g/mol. The molecule has 1 N–H and O–H groups in total. The zero-order valence-corrected chi connectivity index (χ0v) is 13.7. The fourth-order valence-corrected chi connectivity index (χ4v) is 3.59. The number of benzene rings is 1. The number of hydrogen-bond donors (Lipinski definition) is 1. The van der Waals surface area contributed by atoms with Crippen molar-refractivity contribution in [1.29, 1.82) is 0 Å². The third-order valence-corrected chi connectivity index (χ3v) is 4.91. The molecule has 1 unspecified atom stereocenters. The van der Waals surface area contributed by atoms with Crippen LogP contribution in [0.5, 0.6) is 0 Å². The van der Waals surface area contributed by atoms with Crippen LogP contribution in [-0.4, -0.2) is 21.9 Å². The first-order valence-corrected chi connectivity index (χ1v) is 8.52. The molecule has 0 radical (unpaired) electrons. The van der Waals surface area contributed by atoms with Gasteiger partial charge in [0.1, 0.15) is 0 Å². The molecule has 0 fully saturated rings. The first-order valence-electron chi connectivity index (χ1n) is 7.16. The number of aromatic nitrogens is 1. The summed E-state index contributed by atoms with van der Waals surface area (Å²) in [6.07, 6.45) is 2.93. The molecule has 110 valence electrons. The van der Waals surface area contributed by atoms with E-state index >= 15 is 0 Å². The van der Waals surface area contributed by atoms with Crippen molar-refractivity contribution in [1.82, 2.24) is 4.98 Å². The molecule has 2 aromatic rings. The largest absolute Gasteiger partial charge is 0.333 e. The van der Waals surface area contributed by atoms with Crippen LogP contribution in [-0.2, 0) is 0 Å². The van der Waals surface area contributed by atoms with Gasteiger partial charge in [0.25, 0.3) is 0 Å². The highest BCUT2D eigenvalue weighted by Gasteiger charge is 2.19. The van der Waals surface area contributed by atoms with Gasteiger partial charge in [-0.25, -0.2) is 0 Å². The lowest BCUT2D eigenvalue weighted by atomic mass is 10.0. The standard InChI is InChI=1S/C16H18ClN3S/c1-10(2)13-7-9-21-16(19-13)20-14-6-5-12(17)11-4-3-8-18-15(11)14/h3-6,8,10,13H,7,9H2,1-2H3,(H,19,20). The second kappa shape index (κ2) is 6.24. The summed E-state index contributed by atoms with van der Waals surface area (Å²) in [7, 11) is 0. The van der Waals surface area contributed by atoms with E-state index in [1.54, 1.807) is 18.0 Å². The minimum absolute atomic E-state index is 0.403. The van der Waals surface area contributed by atoms with Crippen molar-refractivity contribution in [3.05, 3.63) is 35.5 Å². The van der Waals surface area contributed by atoms with Crippen molar-refractivity contribution >= 4 is 45.1 Å². The quantitative estimate of drug-likeness (QED) is 0.862. The lowest BCUT2D eigenvalue weighted by Crippen LogP contribution is -2.24. The molecule has 3 nitrogen and oxygen atoms in total. The SMILES string of the molecule is CC(C)C1CCSC(Nc2ccc(Cl)c3cccnc23)=N1. The zero-order valence-electron chi connectivity index (χ0n) is 12.1. The van der Waals surface area contributed by atoms with Gasteiger partial charge in [0.15, 0.2) is 5.17 Å². The second-order valence-electron chi connectivity index (χ2n) is 5.50. The molecule has 0 bridgehead atoms. The van der Waals surface area contributed by atoms with Gasteiger partial charge in [0.2, 0.25) is 0 Å². The molecule has 5 heteroatoms. The number of halogens is 1. The Morgan fingerprint density at radius 3 is 3.00 bits per heavy atom. The van der Waals surface area contributed by atoms with Crippen LogP contribution in [0.4, 0.5) is 5.69 Å². The first kappa shape index (κ1) is 14.7. The van der Waals surface area contributed by atoms with Gasteiger partial charge in [-0.1, -0.05) is 37.2 Å². The zero-order chi connectivity index (χ0) is 14.8. The molecular formula is C16H18ClN3S. The van der Waals surface area contributed by atoms with E-state index in [0.29, 0.717) is 12.0 Å². The summed E-state index contributed by atoms with van der Waals surface area (Å²) in [4.78, 5) is 9.26. The Bertz CT molecular complexity index is 684. The number of fused-ring (bicyclic) bond motifs is 1. The summed E-state index contributed by atoms with van der Waals surface area (Å²) < 4.78 is 0. The van der Waals surface area contributed by atoms with Gasteiger partial charge in [-0.05, 0) is 36.6 Å². The Balaban J connectivity index is 1.93. The highest BCUT2D eigenvalue weighted by molar-refractivity contribution is 8.14. The molecule has 21 heavy (non-hydrogen) atoms. The van der Waals surface area contributed by atoms with E-state index in [-0.39, 0.29) is 0 Å². The van der Waals surface area contributed by atoms with Crippen molar-refractivity contribution in [2.45, 2.75) is 26.3 Å². The molecule has 1 aliphatic heterocycles. The van der Waals surface area contributed by atoms with E-state index in [9.17, 15) is 0 Å². The van der Waals surface area contributed by atoms with Gasteiger partial charge in [0, 0.05) is 17.3 Å². The van der Waals surface area contributed by atoms with Crippen molar-refractivity contribution < 1.29 is 0 Å². The smallest absolute Gasteiger partial charge is 0.161 e. The summed E-state index contributed by atoms with van der Waals surface area (Å²) in [6, 6.07) is 8.17. The second-order valence-corrected chi connectivity index (χ2v) is 6.99. The van der Waals surface area contributed by atoms with Gasteiger partial charge in [-0.15, -0.1) is 0 Å². The number of amidine groups is 1. The van der Waals surface area contributed by atoms with E-state index < -0.39 is 0 Å². The van der Waals surface area contributed by atoms with E-state index in [2.05, 4.69) is 24.1 Å². The summed E-state index contributed by atoms with van der Waals surface area (Å²) in [5.74, 6) is 1.68. The van der Waals surface area contributed by atoms with Crippen LogP contribution < -0.4 is 5.32 Å². The molecule has 3 rings (SSSR count). The van der Waals surface area contributed by atoms with Crippen LogP contribution in [0.2, 0.25) is 5.02 Å². The number of nitrogens with zero attached hydrogens (tertiary/aromatic N) is 2. The minimum Gasteiger partial charge on any atom is -0.333 e. The molecule has 0 saturated heterocycles. The number of aliphatic imine (C=N–C) groups is 1. The van der Waals surface area contributed by atoms with E-state index in [1.165, 1.54) is 0 Å². The maximum Gasteiger partial charge on any atom is 0.161 e. The van der Waals surface area contributed by atoms with Crippen molar-refractivity contribution in [2.75, 3.05) is 11.1 Å². The number of thioether (sulfide) groups is 1. The van der Waals surface area contributed by atoms with Crippen LogP contribution in [0.15, 0.2) is 35.5 Å². The van der Waals surface area contributed by atoms with Crippen LogP contribution in [0, 0.1) is 5.92 Å². The molecule has 1 atom stereocenters. The predicted molar refractivity (Wildman–Crippen MR) is 93.5 cm³/mol. The average Bonchev–Trinajstić information content (AvgIpc) is 2.51. The number of nitrogens with one attached hydrogen (secondary N) is 1. The highest BCUT2D eigenvalue weighted by atomic mass is 35.5. The Morgan fingerprint density at radius 2 is 2.19 bits per heavy atom. The van der Waals surface area contributed by atoms with Crippen LogP contribution in [0.1, 0.15) is 20.3 Å². The molecule has 0 amide bonds. The normalized spacial score (nSPS) is 18.9. The summed E-state index contributed by atoms with van der Waals surface area (Å²) in [5.41, 5.74) is 1.85. The number of anilines is 1. The molecule has 1 aliphatic rings. The fraction of sp³-hybridized carbons (Fsp3) is 0.375. The molecule has 1 aromatic heterocycles. The third-order valence-electron chi connectivity index (χ3n) is 3.66. The number of hydrogen-bond acceptors (Lipinski definition) is 4. The molecule has 0 saturated carbocycles. The lowest BCUT2D eigenvalue weighted by Gasteiger charge is -2.23. The maximum atomic E-state index is 6.23. The molecular weight excluding hydrogens is 302 g/mol. The van der Waals surface area contributed by atoms with Gasteiger partial charge < -0.3 is 5.32 Å². The average molecular weight is 320 g/mol. The third kappa shape index (κ3) is 3.16. The molecule has 0 aliphatic carbocycles. The predicted octanol–water partition coefficient (Wildman–Crippen LogP) is 4.82. The van der Waals surface area contributed by atoms with Crippen LogP contribution in [0.25, 0.3) is 10.9 Å². The summed E-state index contributed by atoms with van der Waals surface area (Å²) in [5, 5.41) is 6.10. The molecule has 0 spiro atoms. The number of pyridine rings is 1. The van der Waals surface area contributed by atoms with Crippen molar-refractivity contribution in [3.63, 3.8) is 0 Å². The van der Waals surface area contributed by atoms with Gasteiger partial charge >= 0.3 is 0 Å². The number of rotatable bonds is 2. The fourth-order valence-electron chi connectivity index (χ4n) is 2.43. The van der Waals surface area contributed by atoms with E-state index in [1.807, 2.05) is 24.3 Å². The van der Waals surface area contributed by atoms with Crippen LogP contribution >= 0.6 is 23.4 Å². The van der Waals surface area contributed by atoms with Crippen LogP contribution in [0.3, 0.4) is 0 Å². The highest BCUT2D eigenvalue weighted by Crippen LogP contribution is 2.30. The minimum atomic E-state index is 0.403. The topological polar surface area (TPSA) is 37.3 Å². The lowest BCUT2D eigenvalue weighted by molar-refractivity contribution is 0.485. The first-order chi connectivity index (χ1) is 10.1. The Kier molecular flexibility index (Phi) is 4.36. The molecule has 1 aromatic carbocycles. The van der Waals surface area contributed by atoms with E-state index in [0.717, 1.165) is 39.0 Å². The Morgan fingerprint density at radius 1 is 1.33 bits per heavy atom. The van der Waals surface area contributed by atoms with Crippen molar-refractivity contribution in [2.24, 2.45) is 10.9 Å². The summed E-state index contributed by atoms with van der Waals surface area (Å²) in [6.45, 7) is 4.45. The summed E-state index contributed by atoms with van der Waals surface area (Å²) >= 11 is 8.00. The Labute approximate surface area is 134 Å². The van der Waals surface area contributed by atoms with E-state index in [4.69, 9.17) is 16.6 Å². The molecule has 2 heterocycles. The van der Waals surface area contributed by atoms with Crippen molar-refractivity contribution in [3.8, 4) is 0 Å². The van der Waals surface area contributed by atoms with Gasteiger partial charge in [-0.3, -0.25) is 9.98 Å². The Hall–Kier alpha value is -1.26.